The fraction of sp³-hybridized carbons (Fsp3) is 0.261. The molecule has 2 aromatic carbocycles. The van der Waals surface area contributed by atoms with Crippen LogP contribution in [-0.2, 0) is 9.59 Å². The van der Waals surface area contributed by atoms with Crippen LogP contribution in [0.1, 0.15) is 12.8 Å². The van der Waals surface area contributed by atoms with Crippen molar-refractivity contribution in [1.82, 2.24) is 9.88 Å². The summed E-state index contributed by atoms with van der Waals surface area (Å²) in [5, 5.41) is 5.35. The van der Waals surface area contributed by atoms with E-state index in [1.807, 2.05) is 40.6 Å². The van der Waals surface area contributed by atoms with Gasteiger partial charge in [-0.3, -0.25) is 9.59 Å². The highest BCUT2D eigenvalue weighted by Crippen LogP contribution is 2.27. The minimum absolute atomic E-state index is 0.126. The Morgan fingerprint density at radius 1 is 0.933 bits per heavy atom. The molecule has 30 heavy (non-hydrogen) atoms. The summed E-state index contributed by atoms with van der Waals surface area (Å²) in [6, 6.07) is 18.5. The Bertz CT molecular complexity index is 997. The maximum atomic E-state index is 12.2. The molecule has 3 aromatic rings. The molecule has 1 saturated heterocycles. The van der Waals surface area contributed by atoms with Gasteiger partial charge < -0.3 is 10.2 Å². The lowest BCUT2D eigenvalue weighted by molar-refractivity contribution is -0.127. The van der Waals surface area contributed by atoms with E-state index in [1.165, 1.54) is 28.7 Å². The summed E-state index contributed by atoms with van der Waals surface area (Å²) >= 11 is 2.76. The van der Waals surface area contributed by atoms with E-state index >= 15 is 0 Å². The lowest BCUT2D eigenvalue weighted by Gasteiger charge is -2.14. The molecule has 0 saturated carbocycles. The summed E-state index contributed by atoms with van der Waals surface area (Å²) in [5.41, 5.74) is 4.18. The van der Waals surface area contributed by atoms with Gasteiger partial charge in [-0.15, -0.1) is 23.1 Å². The third-order valence-corrected chi connectivity index (χ3v) is 6.63. The number of benzene rings is 2. The maximum absolute atomic E-state index is 12.2. The number of nitrogens with zero attached hydrogens (tertiary/aromatic N) is 2. The van der Waals surface area contributed by atoms with Crippen molar-refractivity contribution >= 4 is 40.0 Å². The molecule has 1 aliphatic heterocycles. The second kappa shape index (κ2) is 9.91. The molecule has 1 N–H and O–H groups in total. The van der Waals surface area contributed by atoms with Crippen molar-refractivity contribution in [2.24, 2.45) is 0 Å². The minimum Gasteiger partial charge on any atom is -0.342 e. The van der Waals surface area contributed by atoms with Gasteiger partial charge in [0.2, 0.25) is 11.8 Å². The molecule has 2 heterocycles. The Kier molecular flexibility index (Phi) is 6.81. The second-order valence-corrected chi connectivity index (χ2v) is 8.95. The van der Waals surface area contributed by atoms with Gasteiger partial charge in [-0.25, -0.2) is 4.98 Å². The number of anilines is 1. The van der Waals surface area contributed by atoms with E-state index in [2.05, 4.69) is 34.6 Å². The first-order valence-electron chi connectivity index (χ1n) is 9.96. The highest BCUT2D eigenvalue weighted by Gasteiger charge is 2.18. The first-order chi connectivity index (χ1) is 14.7. The lowest BCUT2D eigenvalue weighted by Crippen LogP contribution is -2.29. The molecule has 0 atom stereocenters. The zero-order valence-electron chi connectivity index (χ0n) is 16.5. The molecular formula is C23H23N3O2S2. The number of hydrogen-bond donors (Lipinski definition) is 1. The Labute approximate surface area is 184 Å². The third kappa shape index (κ3) is 5.29. The van der Waals surface area contributed by atoms with Gasteiger partial charge in [0.15, 0.2) is 5.13 Å². The predicted molar refractivity (Wildman–Crippen MR) is 125 cm³/mol. The number of aromatic nitrogens is 1. The molecule has 0 unspecified atom stereocenters. The summed E-state index contributed by atoms with van der Waals surface area (Å²) in [4.78, 5) is 30.6. The Balaban J connectivity index is 1.28. The smallest absolute Gasteiger partial charge is 0.236 e. The van der Waals surface area contributed by atoms with Gasteiger partial charge in [-0.2, -0.15) is 0 Å². The number of likely N-dealkylation sites (tertiary alicyclic amines) is 1. The second-order valence-electron chi connectivity index (χ2n) is 7.11. The molecule has 0 spiro atoms. The SMILES string of the molecule is O=C(CSCC(=O)N1CCCC1)Nc1nc(-c2ccc(-c3ccccc3)cc2)cs1. The highest BCUT2D eigenvalue weighted by atomic mass is 32.2. The zero-order valence-corrected chi connectivity index (χ0v) is 18.2. The average molecular weight is 438 g/mol. The number of amides is 2. The van der Waals surface area contributed by atoms with Crippen LogP contribution in [0.4, 0.5) is 5.13 Å². The standard InChI is InChI=1S/C23H23N3O2S2/c27-21(15-29-16-22(28)26-12-4-5-13-26)25-23-24-20(14-30-23)19-10-8-18(9-11-19)17-6-2-1-3-7-17/h1-3,6-11,14H,4-5,12-13,15-16H2,(H,24,25,27). The maximum Gasteiger partial charge on any atom is 0.236 e. The van der Waals surface area contributed by atoms with E-state index in [9.17, 15) is 9.59 Å². The van der Waals surface area contributed by atoms with Crippen molar-refractivity contribution in [3.05, 3.63) is 60.0 Å². The van der Waals surface area contributed by atoms with Gasteiger partial charge >= 0.3 is 0 Å². The molecule has 0 radical (unpaired) electrons. The number of thiazole rings is 1. The molecule has 0 bridgehead atoms. The summed E-state index contributed by atoms with van der Waals surface area (Å²) < 4.78 is 0. The zero-order chi connectivity index (χ0) is 20.8. The van der Waals surface area contributed by atoms with E-state index in [-0.39, 0.29) is 17.6 Å². The van der Waals surface area contributed by atoms with Crippen molar-refractivity contribution < 1.29 is 9.59 Å². The van der Waals surface area contributed by atoms with Gasteiger partial charge in [0.25, 0.3) is 0 Å². The van der Waals surface area contributed by atoms with Crippen LogP contribution in [0.3, 0.4) is 0 Å². The van der Waals surface area contributed by atoms with E-state index in [0.717, 1.165) is 42.8 Å². The predicted octanol–water partition coefficient (Wildman–Crippen LogP) is 4.77. The van der Waals surface area contributed by atoms with Crippen LogP contribution in [0, 0.1) is 0 Å². The Morgan fingerprint density at radius 2 is 1.60 bits per heavy atom. The normalized spacial score (nSPS) is 13.4. The first kappa shape index (κ1) is 20.6. The summed E-state index contributed by atoms with van der Waals surface area (Å²) in [6.45, 7) is 1.69. The lowest BCUT2D eigenvalue weighted by atomic mass is 10.0. The molecule has 7 heteroatoms. The molecule has 5 nitrogen and oxygen atoms in total. The molecule has 154 valence electrons. The largest absolute Gasteiger partial charge is 0.342 e. The number of rotatable bonds is 7. The van der Waals surface area contributed by atoms with Crippen molar-refractivity contribution in [3.63, 3.8) is 0 Å². The van der Waals surface area contributed by atoms with Crippen molar-refractivity contribution in [1.29, 1.82) is 0 Å². The minimum atomic E-state index is -0.130. The van der Waals surface area contributed by atoms with Crippen LogP contribution in [0.2, 0.25) is 0 Å². The fourth-order valence-corrected chi connectivity index (χ4v) is 4.82. The van der Waals surface area contributed by atoms with Crippen molar-refractivity contribution in [3.8, 4) is 22.4 Å². The number of hydrogen-bond acceptors (Lipinski definition) is 5. The molecule has 0 aliphatic carbocycles. The van der Waals surface area contributed by atoms with E-state index in [0.29, 0.717) is 10.9 Å². The Hall–Kier alpha value is -2.64. The van der Waals surface area contributed by atoms with Gasteiger partial charge in [0, 0.05) is 24.0 Å². The van der Waals surface area contributed by atoms with Gasteiger partial charge in [0.05, 0.1) is 17.2 Å². The summed E-state index contributed by atoms with van der Waals surface area (Å²) in [6.07, 6.45) is 2.16. The van der Waals surface area contributed by atoms with Crippen LogP contribution in [0.15, 0.2) is 60.0 Å². The van der Waals surface area contributed by atoms with Crippen LogP contribution in [-0.4, -0.2) is 46.3 Å². The van der Waals surface area contributed by atoms with Crippen LogP contribution >= 0.6 is 23.1 Å². The third-order valence-electron chi connectivity index (χ3n) is 4.96. The van der Waals surface area contributed by atoms with Crippen LogP contribution in [0.5, 0.6) is 0 Å². The number of thioether (sulfide) groups is 1. The van der Waals surface area contributed by atoms with Crippen LogP contribution < -0.4 is 5.32 Å². The summed E-state index contributed by atoms with van der Waals surface area (Å²) in [7, 11) is 0. The van der Waals surface area contributed by atoms with Gasteiger partial charge in [-0.1, -0.05) is 54.6 Å². The van der Waals surface area contributed by atoms with Crippen molar-refractivity contribution in [2.75, 3.05) is 29.9 Å². The monoisotopic (exact) mass is 437 g/mol. The van der Waals surface area contributed by atoms with E-state index in [4.69, 9.17) is 0 Å². The van der Waals surface area contributed by atoms with Gasteiger partial charge in [0.1, 0.15) is 0 Å². The first-order valence-corrected chi connectivity index (χ1v) is 12.0. The fourth-order valence-electron chi connectivity index (χ4n) is 3.37. The van der Waals surface area contributed by atoms with Crippen LogP contribution in [0.25, 0.3) is 22.4 Å². The van der Waals surface area contributed by atoms with E-state index < -0.39 is 0 Å². The number of carbonyl (C=O) groups excluding carboxylic acids is 2. The molecule has 1 aliphatic rings. The molecule has 1 fully saturated rings. The topological polar surface area (TPSA) is 62.3 Å². The number of nitrogens with one attached hydrogen (secondary N) is 1. The van der Waals surface area contributed by atoms with Gasteiger partial charge in [-0.05, 0) is 24.0 Å². The number of carbonyl (C=O) groups is 2. The quantitative estimate of drug-likeness (QED) is 0.578. The Morgan fingerprint density at radius 3 is 2.33 bits per heavy atom. The molecular weight excluding hydrogens is 414 g/mol. The van der Waals surface area contributed by atoms with E-state index in [1.54, 1.807) is 0 Å². The van der Waals surface area contributed by atoms with Crippen molar-refractivity contribution in [2.45, 2.75) is 12.8 Å². The molecule has 2 amide bonds. The molecule has 4 rings (SSSR count). The highest BCUT2D eigenvalue weighted by molar-refractivity contribution is 8.00. The average Bonchev–Trinajstić information content (AvgIpc) is 3.47. The molecule has 1 aromatic heterocycles. The summed E-state index contributed by atoms with van der Waals surface area (Å²) in [5.74, 6) is 0.597.